The summed E-state index contributed by atoms with van der Waals surface area (Å²) in [5.41, 5.74) is -0.572. The zero-order chi connectivity index (χ0) is 10.8. The molecule has 0 N–H and O–H groups in total. The molecule has 2 unspecified atom stereocenters. The van der Waals surface area contributed by atoms with Crippen molar-refractivity contribution in [2.24, 2.45) is 0 Å². The molecule has 0 aliphatic heterocycles. The van der Waals surface area contributed by atoms with Gasteiger partial charge in [-0.3, -0.25) is 0 Å². The van der Waals surface area contributed by atoms with E-state index in [2.05, 4.69) is 15.9 Å². The minimum absolute atomic E-state index is 0.174. The second-order valence-corrected chi connectivity index (χ2v) is 4.13. The quantitative estimate of drug-likeness (QED) is 0.781. The molecule has 0 aromatic heterocycles. The van der Waals surface area contributed by atoms with E-state index in [9.17, 15) is 0 Å². The maximum atomic E-state index is 5.47. The number of methoxy groups -OCH3 is 3. The van der Waals surface area contributed by atoms with Gasteiger partial charge in [0.15, 0.2) is 5.60 Å². The maximum absolute atomic E-state index is 5.47. The van der Waals surface area contributed by atoms with Crippen molar-refractivity contribution in [3.63, 3.8) is 0 Å². The number of rotatable bonds is 3. The molecule has 0 heterocycles. The Bertz CT molecular complexity index is 273. The van der Waals surface area contributed by atoms with Crippen molar-refractivity contribution in [2.45, 2.75) is 18.6 Å². The minimum atomic E-state index is -0.572. The number of ether oxygens (including phenoxy) is 3. The van der Waals surface area contributed by atoms with Gasteiger partial charge in [-0.15, -0.1) is 0 Å². The minimum Gasteiger partial charge on any atom is -0.498 e. The van der Waals surface area contributed by atoms with E-state index in [0.29, 0.717) is 0 Å². The molecule has 80 valence electrons. The number of hydrogen-bond acceptors (Lipinski definition) is 3. The zero-order valence-electron chi connectivity index (χ0n) is 8.83. The number of allylic oxidation sites excluding steroid dienone is 2. The van der Waals surface area contributed by atoms with E-state index >= 15 is 0 Å². The summed E-state index contributed by atoms with van der Waals surface area (Å²) in [7, 11) is 4.92. The van der Waals surface area contributed by atoms with Crippen LogP contribution < -0.4 is 0 Å². The third-order valence-corrected chi connectivity index (χ3v) is 3.19. The highest BCUT2D eigenvalue weighted by atomic mass is 79.9. The molecule has 4 heteroatoms. The number of hydrogen-bond donors (Lipinski definition) is 0. The van der Waals surface area contributed by atoms with Crippen LogP contribution in [0.5, 0.6) is 0 Å². The molecule has 0 saturated heterocycles. The fourth-order valence-electron chi connectivity index (χ4n) is 1.62. The normalized spacial score (nSPS) is 32.2. The van der Waals surface area contributed by atoms with Crippen LogP contribution in [0.2, 0.25) is 0 Å². The van der Waals surface area contributed by atoms with Crippen LogP contribution in [0.4, 0.5) is 0 Å². The van der Waals surface area contributed by atoms with Gasteiger partial charge in [-0.05, 0) is 19.1 Å². The van der Waals surface area contributed by atoms with E-state index in [1.807, 2.05) is 19.1 Å². The molecule has 1 rings (SSSR count). The topological polar surface area (TPSA) is 27.7 Å². The Morgan fingerprint density at radius 3 is 2.36 bits per heavy atom. The van der Waals surface area contributed by atoms with Crippen molar-refractivity contribution in [3.05, 3.63) is 22.4 Å². The molecule has 0 saturated carbocycles. The zero-order valence-corrected chi connectivity index (χ0v) is 10.4. The van der Waals surface area contributed by atoms with Gasteiger partial charge < -0.3 is 14.2 Å². The summed E-state index contributed by atoms with van der Waals surface area (Å²) < 4.78 is 17.1. The Morgan fingerprint density at radius 1 is 1.29 bits per heavy atom. The molecular weight excluding hydrogens is 248 g/mol. The van der Waals surface area contributed by atoms with Gasteiger partial charge in [0.05, 0.1) is 7.11 Å². The van der Waals surface area contributed by atoms with E-state index in [4.69, 9.17) is 14.2 Å². The lowest BCUT2D eigenvalue weighted by molar-refractivity contribution is -0.0890. The first-order chi connectivity index (χ1) is 6.60. The molecule has 0 radical (unpaired) electrons. The number of halogens is 1. The van der Waals surface area contributed by atoms with Crippen LogP contribution in [0.1, 0.15) is 6.92 Å². The molecule has 0 aromatic rings. The van der Waals surface area contributed by atoms with Gasteiger partial charge in [-0.2, -0.15) is 0 Å². The third kappa shape index (κ3) is 1.74. The lowest BCUT2D eigenvalue weighted by Gasteiger charge is -2.38. The van der Waals surface area contributed by atoms with Crippen molar-refractivity contribution in [3.8, 4) is 0 Å². The first-order valence-electron chi connectivity index (χ1n) is 4.30. The molecule has 0 bridgehead atoms. The first kappa shape index (κ1) is 11.8. The molecule has 0 fully saturated rings. The summed E-state index contributed by atoms with van der Waals surface area (Å²) in [6.07, 6.45) is 3.61. The summed E-state index contributed by atoms with van der Waals surface area (Å²) in [5, 5.41) is 0. The summed E-state index contributed by atoms with van der Waals surface area (Å²) >= 11 is 3.44. The van der Waals surface area contributed by atoms with Crippen molar-refractivity contribution >= 4 is 15.9 Å². The maximum Gasteiger partial charge on any atom is 0.152 e. The Kier molecular flexibility index (Phi) is 3.75. The van der Waals surface area contributed by atoms with E-state index in [-0.39, 0.29) is 6.10 Å². The predicted molar refractivity (Wildman–Crippen MR) is 58.3 cm³/mol. The Labute approximate surface area is 92.8 Å². The molecule has 2 atom stereocenters. The first-order valence-corrected chi connectivity index (χ1v) is 5.09. The van der Waals surface area contributed by atoms with Gasteiger partial charge in [0, 0.05) is 18.7 Å². The smallest absolute Gasteiger partial charge is 0.152 e. The third-order valence-electron chi connectivity index (χ3n) is 2.51. The molecule has 1 aliphatic carbocycles. The van der Waals surface area contributed by atoms with Gasteiger partial charge in [-0.25, -0.2) is 0 Å². The molecule has 0 amide bonds. The van der Waals surface area contributed by atoms with E-state index in [0.717, 1.165) is 10.2 Å². The van der Waals surface area contributed by atoms with Crippen LogP contribution in [0.25, 0.3) is 0 Å². The van der Waals surface area contributed by atoms with Gasteiger partial charge in [0.1, 0.15) is 11.9 Å². The van der Waals surface area contributed by atoms with Crippen LogP contribution in [0.15, 0.2) is 22.4 Å². The lowest BCUT2D eigenvalue weighted by atomic mass is 9.91. The van der Waals surface area contributed by atoms with Crippen LogP contribution in [0.3, 0.4) is 0 Å². The molecule has 3 nitrogen and oxygen atoms in total. The van der Waals surface area contributed by atoms with E-state index < -0.39 is 5.60 Å². The van der Waals surface area contributed by atoms with Crippen LogP contribution >= 0.6 is 15.9 Å². The standard InChI is InChI=1S/C10H15BrO3/c1-10(14-4)8(12-2)6-5-7(11)9(10)13-3/h5-6,9H,1-4H3. The van der Waals surface area contributed by atoms with Gasteiger partial charge >= 0.3 is 0 Å². The fraction of sp³-hybridized carbons (Fsp3) is 0.600. The van der Waals surface area contributed by atoms with Crippen LogP contribution in [-0.2, 0) is 14.2 Å². The Morgan fingerprint density at radius 2 is 1.93 bits per heavy atom. The SMILES string of the molecule is COC1=CC=C(Br)C(OC)C1(C)OC. The van der Waals surface area contributed by atoms with Crippen LogP contribution in [-0.4, -0.2) is 33.0 Å². The highest BCUT2D eigenvalue weighted by Gasteiger charge is 2.43. The van der Waals surface area contributed by atoms with Crippen molar-refractivity contribution in [1.29, 1.82) is 0 Å². The largest absolute Gasteiger partial charge is 0.498 e. The summed E-state index contributed by atoms with van der Waals surface area (Å²) in [5.74, 6) is 0.759. The predicted octanol–water partition coefficient (Wildman–Crippen LogP) is 2.23. The summed E-state index contributed by atoms with van der Waals surface area (Å²) in [6.45, 7) is 1.94. The average molecular weight is 263 g/mol. The van der Waals surface area contributed by atoms with Gasteiger partial charge in [-0.1, -0.05) is 15.9 Å². The summed E-state index contributed by atoms with van der Waals surface area (Å²) in [4.78, 5) is 0. The van der Waals surface area contributed by atoms with E-state index in [1.165, 1.54) is 0 Å². The molecule has 0 spiro atoms. The average Bonchev–Trinajstić information content (AvgIpc) is 2.18. The van der Waals surface area contributed by atoms with Crippen molar-refractivity contribution in [1.82, 2.24) is 0 Å². The highest BCUT2D eigenvalue weighted by molar-refractivity contribution is 9.11. The fourth-order valence-corrected chi connectivity index (χ4v) is 2.37. The monoisotopic (exact) mass is 262 g/mol. The Balaban J connectivity index is 3.09. The second-order valence-electron chi connectivity index (χ2n) is 3.21. The molecule has 14 heavy (non-hydrogen) atoms. The van der Waals surface area contributed by atoms with Gasteiger partial charge in [0.2, 0.25) is 0 Å². The van der Waals surface area contributed by atoms with Crippen LogP contribution in [0, 0.1) is 0 Å². The summed E-state index contributed by atoms with van der Waals surface area (Å²) in [6, 6.07) is 0. The van der Waals surface area contributed by atoms with Crippen molar-refractivity contribution in [2.75, 3.05) is 21.3 Å². The molecule has 1 aliphatic rings. The van der Waals surface area contributed by atoms with Crippen molar-refractivity contribution < 1.29 is 14.2 Å². The molecule has 0 aromatic carbocycles. The van der Waals surface area contributed by atoms with E-state index in [1.54, 1.807) is 21.3 Å². The highest BCUT2D eigenvalue weighted by Crippen LogP contribution is 2.36. The second kappa shape index (κ2) is 4.47. The Hall–Kier alpha value is -0.320. The van der Waals surface area contributed by atoms with Gasteiger partial charge in [0.25, 0.3) is 0 Å². The molecular formula is C10H15BrO3. The lowest BCUT2D eigenvalue weighted by Crippen LogP contribution is -2.46.